The Morgan fingerprint density at radius 3 is 2.67 bits per heavy atom. The largest absolute Gasteiger partial charge is 0.480 e. The average Bonchev–Trinajstić information content (AvgIpc) is 2.17. The summed E-state index contributed by atoms with van der Waals surface area (Å²) < 4.78 is 0. The van der Waals surface area contributed by atoms with E-state index in [1.54, 1.807) is 0 Å². The first kappa shape index (κ1) is 12.5. The zero-order valence-electron chi connectivity index (χ0n) is 10.0. The zero-order valence-corrected chi connectivity index (χ0v) is 10.0. The van der Waals surface area contributed by atoms with Crippen LogP contribution in [0.1, 0.15) is 52.9 Å². The van der Waals surface area contributed by atoms with Crippen molar-refractivity contribution in [3.63, 3.8) is 0 Å². The fourth-order valence-electron chi connectivity index (χ4n) is 2.85. The van der Waals surface area contributed by atoms with E-state index in [-0.39, 0.29) is 12.0 Å². The number of carboxylic acids is 1. The van der Waals surface area contributed by atoms with Gasteiger partial charge >= 0.3 is 5.97 Å². The maximum atomic E-state index is 11.5. The Balaban J connectivity index is 2.89. The third-order valence-electron chi connectivity index (χ3n) is 3.49. The highest BCUT2D eigenvalue weighted by molar-refractivity contribution is 5.79. The third kappa shape index (κ3) is 2.51. The lowest BCUT2D eigenvalue weighted by Crippen LogP contribution is -2.60. The van der Waals surface area contributed by atoms with E-state index in [9.17, 15) is 9.90 Å². The Labute approximate surface area is 92.3 Å². The second kappa shape index (κ2) is 4.97. The topological polar surface area (TPSA) is 49.3 Å². The minimum absolute atomic E-state index is 0.230. The van der Waals surface area contributed by atoms with Crippen molar-refractivity contribution in [2.75, 3.05) is 0 Å². The van der Waals surface area contributed by atoms with Gasteiger partial charge in [-0.05, 0) is 32.6 Å². The normalized spacial score (nSPS) is 31.9. The fraction of sp³-hybridized carbons (Fsp3) is 0.917. The minimum Gasteiger partial charge on any atom is -0.480 e. The molecule has 15 heavy (non-hydrogen) atoms. The second-order valence-electron chi connectivity index (χ2n) is 4.93. The van der Waals surface area contributed by atoms with E-state index in [0.29, 0.717) is 0 Å². The van der Waals surface area contributed by atoms with E-state index in [2.05, 4.69) is 12.2 Å². The van der Waals surface area contributed by atoms with E-state index < -0.39 is 11.5 Å². The Bertz CT molecular complexity index is 228. The number of rotatable bonds is 4. The molecule has 3 nitrogen and oxygen atoms in total. The molecule has 1 aliphatic rings. The first-order chi connectivity index (χ1) is 7.03. The van der Waals surface area contributed by atoms with Crippen molar-refractivity contribution in [2.45, 2.75) is 64.5 Å². The Kier molecular flexibility index (Phi) is 4.14. The van der Waals surface area contributed by atoms with Gasteiger partial charge in [-0.3, -0.25) is 10.1 Å². The van der Waals surface area contributed by atoms with Crippen LogP contribution in [0.4, 0.5) is 0 Å². The van der Waals surface area contributed by atoms with Crippen molar-refractivity contribution in [1.29, 1.82) is 0 Å². The summed E-state index contributed by atoms with van der Waals surface area (Å²) in [5.74, 6) is -0.381. The lowest BCUT2D eigenvalue weighted by atomic mass is 9.71. The summed E-state index contributed by atoms with van der Waals surface area (Å²) >= 11 is 0. The van der Waals surface area contributed by atoms with Crippen LogP contribution in [0.2, 0.25) is 0 Å². The van der Waals surface area contributed by atoms with Gasteiger partial charge in [0.25, 0.3) is 0 Å². The molecule has 0 bridgehead atoms. The van der Waals surface area contributed by atoms with Crippen LogP contribution in [0.3, 0.4) is 0 Å². The highest BCUT2D eigenvalue weighted by atomic mass is 16.4. The number of carbonyl (C=O) groups is 1. The summed E-state index contributed by atoms with van der Waals surface area (Å²) in [5, 5.41) is 12.8. The van der Waals surface area contributed by atoms with E-state index in [4.69, 9.17) is 0 Å². The summed E-state index contributed by atoms with van der Waals surface area (Å²) in [6, 6.07) is 0.230. The fourth-order valence-corrected chi connectivity index (χ4v) is 2.85. The van der Waals surface area contributed by atoms with Crippen molar-refractivity contribution in [3.8, 4) is 0 Å². The molecule has 2 N–H and O–H groups in total. The SMILES string of the molecule is CCC1CCCCC1(NC(C)C)C(=O)O. The second-order valence-corrected chi connectivity index (χ2v) is 4.93. The highest BCUT2D eigenvalue weighted by Crippen LogP contribution is 2.36. The van der Waals surface area contributed by atoms with Crippen molar-refractivity contribution < 1.29 is 9.90 Å². The maximum Gasteiger partial charge on any atom is 0.324 e. The Hall–Kier alpha value is -0.570. The van der Waals surface area contributed by atoms with Gasteiger partial charge in [-0.2, -0.15) is 0 Å². The third-order valence-corrected chi connectivity index (χ3v) is 3.49. The molecule has 0 aliphatic heterocycles. The van der Waals surface area contributed by atoms with Crippen molar-refractivity contribution >= 4 is 5.97 Å². The molecule has 0 radical (unpaired) electrons. The van der Waals surface area contributed by atoms with Gasteiger partial charge in [-0.1, -0.05) is 26.2 Å². The summed E-state index contributed by atoms with van der Waals surface area (Å²) in [6.45, 7) is 6.13. The summed E-state index contributed by atoms with van der Waals surface area (Å²) in [4.78, 5) is 11.5. The number of hydrogen-bond donors (Lipinski definition) is 2. The van der Waals surface area contributed by atoms with Gasteiger partial charge in [-0.25, -0.2) is 0 Å². The quantitative estimate of drug-likeness (QED) is 0.754. The number of aliphatic carboxylic acids is 1. The van der Waals surface area contributed by atoms with Gasteiger partial charge in [0.1, 0.15) is 5.54 Å². The van der Waals surface area contributed by atoms with Gasteiger partial charge in [0.2, 0.25) is 0 Å². The molecular formula is C12H23NO2. The van der Waals surface area contributed by atoms with Gasteiger partial charge in [0, 0.05) is 6.04 Å². The van der Waals surface area contributed by atoms with E-state index >= 15 is 0 Å². The van der Waals surface area contributed by atoms with Gasteiger partial charge in [0.15, 0.2) is 0 Å². The van der Waals surface area contributed by atoms with Gasteiger partial charge < -0.3 is 5.11 Å². The lowest BCUT2D eigenvalue weighted by molar-refractivity contribution is -0.150. The monoisotopic (exact) mass is 213 g/mol. The summed E-state index contributed by atoms with van der Waals surface area (Å²) in [6.07, 6.45) is 4.98. The van der Waals surface area contributed by atoms with Crippen molar-refractivity contribution in [1.82, 2.24) is 5.32 Å². The van der Waals surface area contributed by atoms with Crippen molar-refractivity contribution in [2.24, 2.45) is 5.92 Å². The molecule has 0 saturated heterocycles. The Morgan fingerprint density at radius 2 is 2.20 bits per heavy atom. The van der Waals surface area contributed by atoms with Gasteiger partial charge in [-0.15, -0.1) is 0 Å². The number of hydrogen-bond acceptors (Lipinski definition) is 2. The predicted molar refractivity (Wildman–Crippen MR) is 60.9 cm³/mol. The highest BCUT2D eigenvalue weighted by Gasteiger charge is 2.46. The standard InChI is InChI=1S/C12H23NO2/c1-4-10-7-5-6-8-12(10,11(14)15)13-9(2)3/h9-10,13H,4-8H2,1-3H3,(H,14,15). The predicted octanol–water partition coefficient (Wildman–Crippen LogP) is 2.41. The molecule has 0 aromatic rings. The van der Waals surface area contributed by atoms with Crippen LogP contribution < -0.4 is 5.32 Å². The molecule has 1 aliphatic carbocycles. The molecule has 2 atom stereocenters. The molecule has 3 heteroatoms. The van der Waals surface area contributed by atoms with Gasteiger partial charge in [0.05, 0.1) is 0 Å². The van der Waals surface area contributed by atoms with E-state index in [1.165, 1.54) is 6.42 Å². The molecule has 88 valence electrons. The molecular weight excluding hydrogens is 190 g/mol. The molecule has 0 spiro atoms. The van der Waals surface area contributed by atoms with Crippen LogP contribution in [-0.4, -0.2) is 22.7 Å². The lowest BCUT2D eigenvalue weighted by Gasteiger charge is -2.42. The molecule has 1 rings (SSSR count). The van der Waals surface area contributed by atoms with Crippen LogP contribution in [0.5, 0.6) is 0 Å². The van der Waals surface area contributed by atoms with Crippen LogP contribution in [0, 0.1) is 5.92 Å². The van der Waals surface area contributed by atoms with Crippen LogP contribution in [-0.2, 0) is 4.79 Å². The maximum absolute atomic E-state index is 11.5. The first-order valence-corrected chi connectivity index (χ1v) is 6.04. The van der Waals surface area contributed by atoms with Crippen LogP contribution >= 0.6 is 0 Å². The minimum atomic E-state index is -0.666. The average molecular weight is 213 g/mol. The van der Waals surface area contributed by atoms with Crippen molar-refractivity contribution in [3.05, 3.63) is 0 Å². The zero-order chi connectivity index (χ0) is 11.5. The van der Waals surface area contributed by atoms with Crippen LogP contribution in [0.15, 0.2) is 0 Å². The summed E-state index contributed by atoms with van der Waals surface area (Å²) in [7, 11) is 0. The summed E-state index contributed by atoms with van der Waals surface area (Å²) in [5.41, 5.74) is -0.666. The number of carboxylic acid groups (broad SMARTS) is 1. The first-order valence-electron chi connectivity index (χ1n) is 6.04. The van der Waals surface area contributed by atoms with E-state index in [1.807, 2.05) is 13.8 Å². The molecule has 0 aromatic heterocycles. The number of nitrogens with one attached hydrogen (secondary N) is 1. The molecule has 2 unspecified atom stereocenters. The smallest absolute Gasteiger partial charge is 0.324 e. The van der Waals surface area contributed by atoms with Crippen LogP contribution in [0.25, 0.3) is 0 Å². The molecule has 1 fully saturated rings. The molecule has 0 aromatic carbocycles. The Morgan fingerprint density at radius 1 is 1.53 bits per heavy atom. The van der Waals surface area contributed by atoms with E-state index in [0.717, 1.165) is 25.7 Å². The molecule has 1 saturated carbocycles. The molecule has 0 heterocycles. The molecule has 0 amide bonds.